The lowest BCUT2D eigenvalue weighted by molar-refractivity contribution is 0.0211. The lowest BCUT2D eigenvalue weighted by Crippen LogP contribution is -2.62. The fraction of sp³-hybridized carbons (Fsp3) is 0.522. The van der Waals surface area contributed by atoms with Crippen molar-refractivity contribution >= 4 is 11.6 Å². The predicted octanol–water partition coefficient (Wildman–Crippen LogP) is 3.00. The van der Waals surface area contributed by atoms with Crippen LogP contribution < -0.4 is 10.2 Å². The van der Waals surface area contributed by atoms with Gasteiger partial charge in [0.2, 0.25) is 0 Å². The Kier molecular flexibility index (Phi) is 5.06. The fourth-order valence-corrected chi connectivity index (χ4v) is 5.04. The van der Waals surface area contributed by atoms with E-state index in [1.165, 1.54) is 18.5 Å². The zero-order chi connectivity index (χ0) is 19.8. The van der Waals surface area contributed by atoms with Crippen LogP contribution in [0.2, 0.25) is 0 Å². The number of fused-ring (bicyclic) bond motifs is 3. The van der Waals surface area contributed by atoms with Crippen molar-refractivity contribution in [2.24, 2.45) is 5.92 Å². The van der Waals surface area contributed by atoms with E-state index < -0.39 is 0 Å². The largest absolute Gasteiger partial charge is 0.451 e. The van der Waals surface area contributed by atoms with E-state index in [0.29, 0.717) is 17.7 Å². The summed E-state index contributed by atoms with van der Waals surface area (Å²) in [5, 5.41) is 3.24. The number of nitrogens with one attached hydrogen (secondary N) is 1. The van der Waals surface area contributed by atoms with Crippen molar-refractivity contribution in [1.82, 2.24) is 10.2 Å². The molecule has 6 rings (SSSR count). The van der Waals surface area contributed by atoms with E-state index in [4.69, 9.17) is 9.15 Å². The van der Waals surface area contributed by atoms with Crippen molar-refractivity contribution in [1.29, 1.82) is 0 Å². The first-order chi connectivity index (χ1) is 14.2. The minimum Gasteiger partial charge on any atom is -0.451 e. The maximum atomic E-state index is 12.8. The van der Waals surface area contributed by atoms with Crippen LogP contribution in [0.5, 0.6) is 0 Å². The molecule has 1 aromatic carbocycles. The Morgan fingerprint density at radius 2 is 1.72 bits per heavy atom. The summed E-state index contributed by atoms with van der Waals surface area (Å²) in [6.45, 7) is 7.92. The van der Waals surface area contributed by atoms with Crippen molar-refractivity contribution in [3.63, 3.8) is 0 Å². The van der Waals surface area contributed by atoms with Gasteiger partial charge >= 0.3 is 0 Å². The smallest absolute Gasteiger partial charge is 0.287 e. The van der Waals surface area contributed by atoms with Crippen LogP contribution >= 0.6 is 0 Å². The van der Waals surface area contributed by atoms with Crippen LogP contribution in [0.15, 0.2) is 40.8 Å². The maximum absolute atomic E-state index is 12.8. The Balaban J connectivity index is 1.26. The van der Waals surface area contributed by atoms with Crippen LogP contribution in [0.3, 0.4) is 0 Å². The standard InChI is InChI=1S/C23H29N3O3/c1-16-22(18-8-10-25(16)11-9-18)24-23(27)21-7-6-20(29-21)17-2-4-19(5-3-17)26-12-14-28-15-13-26/h2-7,16,18,22H,8-15H2,1H3,(H,24,27). The molecule has 0 aliphatic carbocycles. The van der Waals surface area contributed by atoms with E-state index in [-0.39, 0.29) is 11.9 Å². The highest BCUT2D eigenvalue weighted by molar-refractivity contribution is 5.92. The van der Waals surface area contributed by atoms with E-state index in [2.05, 4.69) is 46.3 Å². The number of rotatable bonds is 4. The molecule has 154 valence electrons. The van der Waals surface area contributed by atoms with Gasteiger partial charge in [-0.15, -0.1) is 0 Å². The van der Waals surface area contributed by atoms with E-state index in [0.717, 1.165) is 50.7 Å². The van der Waals surface area contributed by atoms with Crippen LogP contribution in [0, 0.1) is 5.92 Å². The summed E-state index contributed by atoms with van der Waals surface area (Å²) in [5.41, 5.74) is 2.18. The summed E-state index contributed by atoms with van der Waals surface area (Å²) < 4.78 is 11.3. The van der Waals surface area contributed by atoms with Crippen molar-refractivity contribution < 1.29 is 13.9 Å². The molecule has 1 aromatic heterocycles. The number of furan rings is 1. The van der Waals surface area contributed by atoms with Gasteiger partial charge in [-0.05, 0) is 75.2 Å². The van der Waals surface area contributed by atoms with Gasteiger partial charge in [-0.3, -0.25) is 9.69 Å². The number of carbonyl (C=O) groups is 1. The first kappa shape index (κ1) is 18.7. The highest BCUT2D eigenvalue weighted by Gasteiger charge is 2.40. The predicted molar refractivity (Wildman–Crippen MR) is 112 cm³/mol. The minimum atomic E-state index is -0.105. The second kappa shape index (κ2) is 7.84. The number of morpholine rings is 1. The number of carbonyl (C=O) groups excluding carboxylic acids is 1. The lowest BCUT2D eigenvalue weighted by Gasteiger charge is -2.49. The van der Waals surface area contributed by atoms with E-state index >= 15 is 0 Å². The maximum Gasteiger partial charge on any atom is 0.287 e. The van der Waals surface area contributed by atoms with Crippen molar-refractivity contribution in [2.45, 2.75) is 31.8 Å². The quantitative estimate of drug-likeness (QED) is 0.863. The second-order valence-electron chi connectivity index (χ2n) is 8.42. The molecule has 4 saturated heterocycles. The Morgan fingerprint density at radius 3 is 2.41 bits per heavy atom. The van der Waals surface area contributed by atoms with Crippen LogP contribution in [0.25, 0.3) is 11.3 Å². The number of nitrogens with zero attached hydrogens (tertiary/aromatic N) is 2. The Morgan fingerprint density at radius 1 is 1.00 bits per heavy atom. The highest BCUT2D eigenvalue weighted by atomic mass is 16.5. The number of hydrogen-bond acceptors (Lipinski definition) is 5. The molecule has 2 atom stereocenters. The van der Waals surface area contributed by atoms with Gasteiger partial charge in [-0.25, -0.2) is 0 Å². The summed E-state index contributed by atoms with van der Waals surface area (Å²) in [5.74, 6) is 1.60. The third-order valence-corrected chi connectivity index (χ3v) is 6.83. The minimum absolute atomic E-state index is 0.105. The normalized spacial score (nSPS) is 29.1. The molecule has 4 aliphatic rings. The third kappa shape index (κ3) is 3.67. The molecule has 2 unspecified atom stereocenters. The van der Waals surface area contributed by atoms with Gasteiger partial charge in [0.1, 0.15) is 5.76 Å². The average Bonchev–Trinajstić information content (AvgIpc) is 3.28. The average molecular weight is 396 g/mol. The van der Waals surface area contributed by atoms with Gasteiger partial charge in [0, 0.05) is 36.4 Å². The molecule has 6 heteroatoms. The number of amides is 1. The van der Waals surface area contributed by atoms with E-state index in [9.17, 15) is 4.79 Å². The molecule has 1 amide bonds. The summed E-state index contributed by atoms with van der Waals surface area (Å²) in [6.07, 6.45) is 2.35. The van der Waals surface area contributed by atoms with Crippen molar-refractivity contribution in [2.75, 3.05) is 44.3 Å². The Labute approximate surface area is 171 Å². The fourth-order valence-electron chi connectivity index (χ4n) is 5.04. The Bertz CT molecular complexity index is 847. The molecular formula is C23H29N3O3. The number of anilines is 1. The van der Waals surface area contributed by atoms with Crippen LogP contribution in [0.4, 0.5) is 5.69 Å². The highest BCUT2D eigenvalue weighted by Crippen LogP contribution is 2.32. The first-order valence-corrected chi connectivity index (χ1v) is 10.8. The van der Waals surface area contributed by atoms with Crippen molar-refractivity contribution in [3.05, 3.63) is 42.2 Å². The number of hydrogen-bond donors (Lipinski definition) is 1. The molecule has 0 saturated carbocycles. The van der Waals surface area contributed by atoms with Crippen molar-refractivity contribution in [3.8, 4) is 11.3 Å². The molecule has 4 fully saturated rings. The molecule has 4 aliphatic heterocycles. The zero-order valence-electron chi connectivity index (χ0n) is 17.0. The van der Waals surface area contributed by atoms with Gasteiger partial charge in [0.25, 0.3) is 5.91 Å². The molecule has 0 radical (unpaired) electrons. The summed E-state index contributed by atoms with van der Waals surface area (Å²) in [6, 6.07) is 12.6. The van der Waals surface area contributed by atoms with Gasteiger partial charge in [0.05, 0.1) is 13.2 Å². The first-order valence-electron chi connectivity index (χ1n) is 10.8. The van der Waals surface area contributed by atoms with Crippen LogP contribution in [0.1, 0.15) is 30.3 Å². The topological polar surface area (TPSA) is 58.0 Å². The SMILES string of the molecule is CC1C(NC(=O)c2ccc(-c3ccc(N4CCOCC4)cc3)o2)C2CCN1CC2. The monoisotopic (exact) mass is 395 g/mol. The van der Waals surface area contributed by atoms with Gasteiger partial charge < -0.3 is 19.4 Å². The molecule has 5 heterocycles. The zero-order valence-corrected chi connectivity index (χ0v) is 17.0. The van der Waals surface area contributed by atoms with Gasteiger partial charge in [-0.2, -0.15) is 0 Å². The molecule has 2 bridgehead atoms. The third-order valence-electron chi connectivity index (χ3n) is 6.83. The summed E-state index contributed by atoms with van der Waals surface area (Å²) in [4.78, 5) is 17.6. The number of ether oxygens (including phenoxy) is 1. The Hall–Kier alpha value is -2.31. The van der Waals surface area contributed by atoms with Crippen LogP contribution in [-0.2, 0) is 4.74 Å². The molecular weight excluding hydrogens is 366 g/mol. The molecule has 1 N–H and O–H groups in total. The van der Waals surface area contributed by atoms with E-state index in [1.807, 2.05) is 6.07 Å². The molecule has 29 heavy (non-hydrogen) atoms. The molecule has 6 nitrogen and oxygen atoms in total. The molecule has 2 aromatic rings. The lowest BCUT2D eigenvalue weighted by atomic mass is 9.79. The van der Waals surface area contributed by atoms with E-state index in [1.54, 1.807) is 6.07 Å². The summed E-state index contributed by atoms with van der Waals surface area (Å²) >= 11 is 0. The molecule has 0 spiro atoms. The van der Waals surface area contributed by atoms with Crippen LogP contribution in [-0.4, -0.2) is 62.3 Å². The second-order valence-corrected chi connectivity index (χ2v) is 8.42. The van der Waals surface area contributed by atoms with Gasteiger partial charge in [0.15, 0.2) is 5.76 Å². The number of piperidine rings is 3. The summed E-state index contributed by atoms with van der Waals surface area (Å²) in [7, 11) is 0. The van der Waals surface area contributed by atoms with Gasteiger partial charge in [-0.1, -0.05) is 0 Å². The number of benzene rings is 1.